The summed E-state index contributed by atoms with van der Waals surface area (Å²) in [6.45, 7) is 4.06. The summed E-state index contributed by atoms with van der Waals surface area (Å²) in [7, 11) is 1.70. The summed E-state index contributed by atoms with van der Waals surface area (Å²) in [5, 5.41) is 5.93. The lowest BCUT2D eigenvalue weighted by Crippen LogP contribution is -2.26. The van der Waals surface area contributed by atoms with Crippen LogP contribution in [-0.4, -0.2) is 22.0 Å². The Kier molecular flexibility index (Phi) is 7.98. The summed E-state index contributed by atoms with van der Waals surface area (Å²) in [6.07, 6.45) is 8.33. The average Bonchev–Trinajstić information content (AvgIpc) is 2.78. The van der Waals surface area contributed by atoms with E-state index in [0.717, 1.165) is 27.7 Å². The molecule has 31 heavy (non-hydrogen) atoms. The van der Waals surface area contributed by atoms with Crippen LogP contribution in [-0.2, 0) is 7.05 Å². The molecule has 0 radical (unpaired) electrons. The molecule has 7 heteroatoms. The molecule has 0 unspecified atom stereocenters. The first-order chi connectivity index (χ1) is 15.0. The zero-order chi connectivity index (χ0) is 22.2. The van der Waals surface area contributed by atoms with Crippen molar-refractivity contribution in [3.63, 3.8) is 0 Å². The van der Waals surface area contributed by atoms with E-state index in [1.54, 1.807) is 13.1 Å². The van der Waals surface area contributed by atoms with Gasteiger partial charge in [0.1, 0.15) is 5.69 Å². The third-order valence-corrected chi connectivity index (χ3v) is 6.07. The number of nitrogen functional groups attached to an aromatic ring is 1. The number of halogens is 1. The molecule has 0 bridgehead atoms. The van der Waals surface area contributed by atoms with Crippen LogP contribution in [0, 0.1) is 0 Å². The number of fused-ring (bicyclic) bond motifs is 1. The van der Waals surface area contributed by atoms with Gasteiger partial charge in [0, 0.05) is 24.4 Å². The maximum atomic E-state index is 12.9. The van der Waals surface area contributed by atoms with Crippen LogP contribution in [0.5, 0.6) is 0 Å². The summed E-state index contributed by atoms with van der Waals surface area (Å²) in [5.41, 5.74) is 7.15. The second-order valence-corrected chi connectivity index (χ2v) is 8.19. The largest absolute Gasteiger partial charge is 0.382 e. The molecule has 160 valence electrons. The Hall–Kier alpha value is -2.96. The van der Waals surface area contributed by atoms with Gasteiger partial charge in [0.25, 0.3) is 5.56 Å². The minimum atomic E-state index is -0.226. The predicted molar refractivity (Wildman–Crippen MR) is 133 cm³/mol. The first kappa shape index (κ1) is 22.7. The lowest BCUT2D eigenvalue weighted by Gasteiger charge is -2.14. The van der Waals surface area contributed by atoms with Crippen molar-refractivity contribution in [2.45, 2.75) is 16.5 Å². The normalized spacial score (nSPS) is 11.9. The molecule has 0 atom stereocenters. The van der Waals surface area contributed by atoms with Crippen molar-refractivity contribution in [1.29, 1.82) is 0 Å². The Morgan fingerprint density at radius 2 is 2.06 bits per heavy atom. The van der Waals surface area contributed by atoms with Gasteiger partial charge in [0.15, 0.2) is 11.0 Å². The SMILES string of the molecule is C=C/C=C\C/C=C(\CCl)CNc1c(N)nc(Sc2ccc3ccccc3c2)n(C)c1=O. The minimum absolute atomic E-state index is 0.173. The fourth-order valence-corrected chi connectivity index (χ4v) is 4.08. The molecule has 1 heterocycles. The van der Waals surface area contributed by atoms with Gasteiger partial charge < -0.3 is 11.1 Å². The second-order valence-electron chi connectivity index (χ2n) is 6.88. The Morgan fingerprint density at radius 3 is 2.81 bits per heavy atom. The van der Waals surface area contributed by atoms with E-state index in [0.29, 0.717) is 17.6 Å². The topological polar surface area (TPSA) is 72.9 Å². The number of anilines is 2. The van der Waals surface area contributed by atoms with Crippen molar-refractivity contribution in [2.24, 2.45) is 7.05 Å². The smallest absolute Gasteiger partial charge is 0.279 e. The van der Waals surface area contributed by atoms with E-state index in [4.69, 9.17) is 17.3 Å². The molecule has 1 aromatic heterocycles. The van der Waals surface area contributed by atoms with Crippen LogP contribution in [0.1, 0.15) is 6.42 Å². The Bertz CT molecular complexity index is 1200. The van der Waals surface area contributed by atoms with E-state index < -0.39 is 0 Å². The van der Waals surface area contributed by atoms with Crippen molar-refractivity contribution in [3.8, 4) is 0 Å². The lowest BCUT2D eigenvalue weighted by atomic mass is 10.1. The molecule has 0 aliphatic heterocycles. The van der Waals surface area contributed by atoms with Gasteiger partial charge in [-0.2, -0.15) is 0 Å². The van der Waals surface area contributed by atoms with Gasteiger partial charge in [-0.3, -0.25) is 9.36 Å². The van der Waals surface area contributed by atoms with Crippen LogP contribution in [0.4, 0.5) is 11.5 Å². The van der Waals surface area contributed by atoms with Crippen LogP contribution < -0.4 is 16.6 Å². The summed E-state index contributed by atoms with van der Waals surface area (Å²) in [4.78, 5) is 18.4. The Labute approximate surface area is 191 Å². The van der Waals surface area contributed by atoms with Crippen LogP contribution in [0.2, 0.25) is 0 Å². The van der Waals surface area contributed by atoms with Crippen molar-refractivity contribution >= 4 is 45.6 Å². The first-order valence-electron chi connectivity index (χ1n) is 9.82. The fraction of sp³-hybridized carbons (Fsp3) is 0.167. The summed E-state index contributed by atoms with van der Waals surface area (Å²) >= 11 is 7.43. The average molecular weight is 453 g/mol. The highest BCUT2D eigenvalue weighted by atomic mass is 35.5. The lowest BCUT2D eigenvalue weighted by molar-refractivity contribution is 0.714. The van der Waals surface area contributed by atoms with Gasteiger partial charge in [0.2, 0.25) is 0 Å². The molecule has 0 spiro atoms. The van der Waals surface area contributed by atoms with Crippen molar-refractivity contribution in [1.82, 2.24) is 9.55 Å². The predicted octanol–water partition coefficient (Wildman–Crippen LogP) is 5.38. The maximum absolute atomic E-state index is 12.9. The minimum Gasteiger partial charge on any atom is -0.382 e. The van der Waals surface area contributed by atoms with Crippen LogP contribution in [0.25, 0.3) is 10.8 Å². The maximum Gasteiger partial charge on any atom is 0.279 e. The summed E-state index contributed by atoms with van der Waals surface area (Å²) in [5.74, 6) is 0.533. The Balaban J connectivity index is 1.79. The van der Waals surface area contributed by atoms with Crippen molar-refractivity contribution < 1.29 is 0 Å². The summed E-state index contributed by atoms with van der Waals surface area (Å²) in [6, 6.07) is 14.3. The number of allylic oxidation sites excluding steroid dienone is 4. The number of hydrogen-bond donors (Lipinski definition) is 2. The van der Waals surface area contributed by atoms with Gasteiger partial charge in [-0.15, -0.1) is 11.6 Å². The molecule has 0 saturated carbocycles. The summed E-state index contributed by atoms with van der Waals surface area (Å²) < 4.78 is 1.51. The molecule has 0 fully saturated rings. The Morgan fingerprint density at radius 1 is 1.29 bits per heavy atom. The van der Waals surface area contributed by atoms with E-state index in [1.165, 1.54) is 16.3 Å². The molecular weight excluding hydrogens is 428 g/mol. The van der Waals surface area contributed by atoms with E-state index in [-0.39, 0.29) is 17.1 Å². The fourth-order valence-electron chi connectivity index (χ4n) is 2.98. The van der Waals surface area contributed by atoms with E-state index >= 15 is 0 Å². The molecule has 0 amide bonds. The van der Waals surface area contributed by atoms with Crippen LogP contribution in [0.3, 0.4) is 0 Å². The molecule has 3 N–H and O–H groups in total. The number of aromatic nitrogens is 2. The molecule has 0 aliphatic carbocycles. The molecule has 0 saturated heterocycles. The van der Waals surface area contributed by atoms with Crippen LogP contribution >= 0.6 is 23.4 Å². The molecule has 2 aromatic carbocycles. The highest BCUT2D eigenvalue weighted by Gasteiger charge is 2.14. The van der Waals surface area contributed by atoms with Gasteiger partial charge in [-0.25, -0.2) is 4.98 Å². The number of nitrogens with two attached hydrogens (primary N) is 1. The number of benzene rings is 2. The molecule has 3 rings (SSSR count). The third kappa shape index (κ3) is 5.81. The van der Waals surface area contributed by atoms with Gasteiger partial charge >= 0.3 is 0 Å². The number of nitrogens with zero attached hydrogens (tertiary/aromatic N) is 2. The van der Waals surface area contributed by atoms with E-state index in [2.05, 4.69) is 41.1 Å². The second kappa shape index (κ2) is 10.9. The van der Waals surface area contributed by atoms with Gasteiger partial charge in [-0.1, -0.05) is 73.0 Å². The number of alkyl halides is 1. The molecule has 5 nitrogen and oxygen atoms in total. The number of hydrogen-bond acceptors (Lipinski definition) is 5. The van der Waals surface area contributed by atoms with Gasteiger partial charge in [-0.05, 0) is 34.9 Å². The standard InChI is InChI=1S/C24H25ClN4OS/c1-3-4-5-6-9-17(15-25)16-27-21-22(26)28-24(29(2)23(21)30)31-20-13-12-18-10-7-8-11-19(18)14-20/h3-5,7-14,27H,1,6,15-16,26H2,2H3/b5-4-,17-9+. The van der Waals surface area contributed by atoms with E-state index in [9.17, 15) is 4.79 Å². The quantitative estimate of drug-likeness (QED) is 0.197. The molecule has 0 aliphatic rings. The van der Waals surface area contributed by atoms with Crippen molar-refractivity contribution in [2.75, 3.05) is 23.5 Å². The highest BCUT2D eigenvalue weighted by molar-refractivity contribution is 7.99. The van der Waals surface area contributed by atoms with E-state index in [1.807, 2.05) is 36.4 Å². The molecule has 3 aromatic rings. The number of rotatable bonds is 9. The van der Waals surface area contributed by atoms with Crippen LogP contribution in [0.15, 0.2) is 93.8 Å². The molecular formula is C24H25ClN4OS. The third-order valence-electron chi connectivity index (χ3n) is 4.69. The van der Waals surface area contributed by atoms with Crippen molar-refractivity contribution in [3.05, 3.63) is 89.3 Å². The number of nitrogens with one attached hydrogen (secondary N) is 1. The van der Waals surface area contributed by atoms with Gasteiger partial charge in [0.05, 0.1) is 0 Å². The highest BCUT2D eigenvalue weighted by Crippen LogP contribution is 2.29. The zero-order valence-electron chi connectivity index (χ0n) is 17.3. The monoisotopic (exact) mass is 452 g/mol. The zero-order valence-corrected chi connectivity index (χ0v) is 18.9. The first-order valence-corrected chi connectivity index (χ1v) is 11.2.